The predicted octanol–water partition coefficient (Wildman–Crippen LogP) is 1.39. The predicted molar refractivity (Wildman–Crippen MR) is 81.7 cm³/mol. The van der Waals surface area contributed by atoms with Gasteiger partial charge in [0.15, 0.2) is 0 Å². The first-order valence-electron chi connectivity index (χ1n) is 6.76. The van der Waals surface area contributed by atoms with Crippen molar-refractivity contribution in [3.05, 3.63) is 24.3 Å². The number of sulfonamides is 2. The third-order valence-electron chi connectivity index (χ3n) is 3.34. The smallest absolute Gasteiger partial charge is 0.225 e. The van der Waals surface area contributed by atoms with E-state index in [1.54, 1.807) is 6.92 Å². The molecule has 0 saturated carbocycles. The minimum Gasteiger partial charge on any atom is -0.225 e. The van der Waals surface area contributed by atoms with Crippen molar-refractivity contribution in [3.63, 3.8) is 0 Å². The molecule has 1 atom stereocenters. The van der Waals surface area contributed by atoms with Crippen molar-refractivity contribution in [2.45, 2.75) is 37.0 Å². The Hall–Kier alpha value is -0.960. The number of benzene rings is 1. The average molecular weight is 334 g/mol. The topological polar surface area (TPSA) is 97.5 Å². The van der Waals surface area contributed by atoms with Crippen LogP contribution in [-0.2, 0) is 20.0 Å². The largest absolute Gasteiger partial charge is 0.243 e. The number of primary sulfonamides is 1. The highest BCUT2D eigenvalue weighted by atomic mass is 32.2. The van der Waals surface area contributed by atoms with Gasteiger partial charge in [-0.25, -0.2) is 22.0 Å². The summed E-state index contributed by atoms with van der Waals surface area (Å²) in [6, 6.07) is 5.14. The summed E-state index contributed by atoms with van der Waals surface area (Å²) in [6.45, 7) is 6.44. The lowest BCUT2D eigenvalue weighted by Crippen LogP contribution is -2.34. The molecule has 0 bridgehead atoms. The van der Waals surface area contributed by atoms with E-state index in [1.807, 2.05) is 13.8 Å². The first-order chi connectivity index (χ1) is 9.62. The summed E-state index contributed by atoms with van der Waals surface area (Å²) in [5, 5.41) is 5.04. The SMILES string of the molecule is CCC(C)CN(CC)S(=O)(=O)c1cccc(S(N)(=O)=O)c1. The summed E-state index contributed by atoms with van der Waals surface area (Å²) in [4.78, 5) is -0.262. The van der Waals surface area contributed by atoms with Crippen LogP contribution in [0, 0.1) is 5.92 Å². The molecule has 1 aromatic carbocycles. The van der Waals surface area contributed by atoms with Gasteiger partial charge < -0.3 is 0 Å². The summed E-state index contributed by atoms with van der Waals surface area (Å²) in [7, 11) is -7.65. The van der Waals surface area contributed by atoms with E-state index < -0.39 is 20.0 Å². The van der Waals surface area contributed by atoms with E-state index in [9.17, 15) is 16.8 Å². The highest BCUT2D eigenvalue weighted by Gasteiger charge is 2.25. The molecule has 0 aliphatic heterocycles. The molecule has 0 fully saturated rings. The van der Waals surface area contributed by atoms with Crippen molar-refractivity contribution in [2.24, 2.45) is 11.1 Å². The number of nitrogens with zero attached hydrogens (tertiary/aromatic N) is 1. The zero-order valence-corrected chi connectivity index (χ0v) is 14.1. The molecule has 0 aliphatic rings. The lowest BCUT2D eigenvalue weighted by Gasteiger charge is -2.23. The lowest BCUT2D eigenvalue weighted by molar-refractivity contribution is 0.361. The van der Waals surface area contributed by atoms with Crippen LogP contribution in [0.2, 0.25) is 0 Å². The summed E-state index contributed by atoms with van der Waals surface area (Å²) in [5.74, 6) is 0.223. The van der Waals surface area contributed by atoms with Gasteiger partial charge >= 0.3 is 0 Å². The molecule has 0 saturated heterocycles. The van der Waals surface area contributed by atoms with E-state index in [0.717, 1.165) is 12.5 Å². The van der Waals surface area contributed by atoms with Crippen molar-refractivity contribution >= 4 is 20.0 Å². The van der Waals surface area contributed by atoms with E-state index in [0.29, 0.717) is 13.1 Å². The minimum atomic E-state index is -3.93. The fraction of sp³-hybridized carbons (Fsp3) is 0.538. The molecule has 0 amide bonds. The highest BCUT2D eigenvalue weighted by molar-refractivity contribution is 7.90. The fourth-order valence-electron chi connectivity index (χ4n) is 1.83. The highest BCUT2D eigenvalue weighted by Crippen LogP contribution is 2.20. The van der Waals surface area contributed by atoms with Crippen LogP contribution < -0.4 is 5.14 Å². The van der Waals surface area contributed by atoms with Crippen LogP contribution in [0.4, 0.5) is 0 Å². The summed E-state index contributed by atoms with van der Waals surface area (Å²) < 4.78 is 49.2. The first kappa shape index (κ1) is 18.1. The number of hydrogen-bond acceptors (Lipinski definition) is 4. The maximum absolute atomic E-state index is 12.6. The van der Waals surface area contributed by atoms with E-state index in [4.69, 9.17) is 5.14 Å². The van der Waals surface area contributed by atoms with Crippen molar-refractivity contribution in [3.8, 4) is 0 Å². The maximum atomic E-state index is 12.6. The molecule has 0 radical (unpaired) electrons. The molecule has 120 valence electrons. The Morgan fingerprint density at radius 1 is 1.14 bits per heavy atom. The Bertz CT molecular complexity index is 684. The van der Waals surface area contributed by atoms with Gasteiger partial charge in [-0.05, 0) is 24.1 Å². The Morgan fingerprint density at radius 3 is 2.19 bits per heavy atom. The van der Waals surface area contributed by atoms with Gasteiger partial charge in [0.2, 0.25) is 20.0 Å². The Labute approximate surface area is 127 Å². The van der Waals surface area contributed by atoms with E-state index in [-0.39, 0.29) is 15.7 Å². The van der Waals surface area contributed by atoms with Gasteiger partial charge in [-0.2, -0.15) is 4.31 Å². The minimum absolute atomic E-state index is 0.0563. The molecule has 0 aromatic heterocycles. The second-order valence-electron chi connectivity index (χ2n) is 4.99. The van der Waals surface area contributed by atoms with Crippen LogP contribution in [0.5, 0.6) is 0 Å². The summed E-state index contributed by atoms with van der Waals surface area (Å²) >= 11 is 0. The van der Waals surface area contributed by atoms with Crippen LogP contribution in [-0.4, -0.2) is 34.2 Å². The van der Waals surface area contributed by atoms with Crippen LogP contribution in [0.3, 0.4) is 0 Å². The standard InChI is InChI=1S/C13H22N2O4S2/c1-4-11(3)10-15(5-2)21(18,19)13-8-6-7-12(9-13)20(14,16)17/h6-9,11H,4-5,10H2,1-3H3,(H2,14,16,17). The van der Waals surface area contributed by atoms with Crippen molar-refractivity contribution in [2.75, 3.05) is 13.1 Å². The summed E-state index contributed by atoms with van der Waals surface area (Å²) in [6.07, 6.45) is 0.864. The normalized spacial score (nSPS) is 14.3. The quantitative estimate of drug-likeness (QED) is 0.814. The fourth-order valence-corrected chi connectivity index (χ4v) is 4.08. The zero-order chi connectivity index (χ0) is 16.3. The second-order valence-corrected chi connectivity index (χ2v) is 8.49. The van der Waals surface area contributed by atoms with Gasteiger partial charge in [-0.1, -0.05) is 33.3 Å². The molecule has 8 heteroatoms. The molecule has 1 aromatic rings. The van der Waals surface area contributed by atoms with Gasteiger partial charge in [-0.3, -0.25) is 0 Å². The Morgan fingerprint density at radius 2 is 1.71 bits per heavy atom. The Kier molecular flexibility index (Phi) is 5.92. The molecule has 1 rings (SSSR count). The van der Waals surface area contributed by atoms with Crippen molar-refractivity contribution in [1.82, 2.24) is 4.31 Å². The molecule has 0 heterocycles. The second kappa shape index (κ2) is 6.87. The molecular formula is C13H22N2O4S2. The van der Waals surface area contributed by atoms with E-state index in [2.05, 4.69) is 0 Å². The molecule has 0 spiro atoms. The molecule has 2 N–H and O–H groups in total. The van der Waals surface area contributed by atoms with E-state index in [1.165, 1.54) is 22.5 Å². The monoisotopic (exact) mass is 334 g/mol. The number of nitrogens with two attached hydrogens (primary N) is 1. The number of rotatable bonds is 7. The van der Waals surface area contributed by atoms with Crippen molar-refractivity contribution in [1.29, 1.82) is 0 Å². The molecule has 21 heavy (non-hydrogen) atoms. The molecule has 1 unspecified atom stereocenters. The average Bonchev–Trinajstić information content (AvgIpc) is 2.43. The van der Waals surface area contributed by atoms with Gasteiger partial charge in [0.1, 0.15) is 0 Å². The van der Waals surface area contributed by atoms with E-state index >= 15 is 0 Å². The molecule has 6 nitrogen and oxygen atoms in total. The third-order valence-corrected chi connectivity index (χ3v) is 6.18. The molecular weight excluding hydrogens is 312 g/mol. The van der Waals surface area contributed by atoms with Gasteiger partial charge in [0, 0.05) is 13.1 Å². The van der Waals surface area contributed by atoms with Crippen LogP contribution in [0.25, 0.3) is 0 Å². The van der Waals surface area contributed by atoms with Crippen LogP contribution in [0.1, 0.15) is 27.2 Å². The maximum Gasteiger partial charge on any atom is 0.243 e. The third kappa shape index (κ3) is 4.50. The van der Waals surface area contributed by atoms with Gasteiger partial charge in [0.25, 0.3) is 0 Å². The first-order valence-corrected chi connectivity index (χ1v) is 9.74. The van der Waals surface area contributed by atoms with Gasteiger partial charge in [-0.15, -0.1) is 0 Å². The zero-order valence-electron chi connectivity index (χ0n) is 12.5. The van der Waals surface area contributed by atoms with Gasteiger partial charge in [0.05, 0.1) is 9.79 Å². The lowest BCUT2D eigenvalue weighted by atomic mass is 10.1. The van der Waals surface area contributed by atoms with Crippen LogP contribution in [0.15, 0.2) is 34.1 Å². The number of hydrogen-bond donors (Lipinski definition) is 1. The van der Waals surface area contributed by atoms with Crippen molar-refractivity contribution < 1.29 is 16.8 Å². The summed E-state index contributed by atoms with van der Waals surface area (Å²) in [5.41, 5.74) is 0. The molecule has 0 aliphatic carbocycles. The Balaban J connectivity index is 3.23. The van der Waals surface area contributed by atoms with Crippen LogP contribution >= 0.6 is 0 Å².